The van der Waals surface area contributed by atoms with E-state index in [9.17, 15) is 30.7 Å². The SMILES string of the molecule is Cc1ccc(SC2=C(/C=C/C3=[N+](CCCCS(=O)(=O)O)c4ccc5ccccc5c4C3(C)C)CC(C(=O)OCc3ccccc3)C/C2=C\C=C2\N(CCCCS(=O)(=O)O)c3ccc4ccccc4c3C2(C)C)cc1. The maximum absolute atomic E-state index is 14.5. The summed E-state index contributed by atoms with van der Waals surface area (Å²) in [6.07, 6.45) is 11.2. The number of nitrogens with zero attached hydrogens (tertiary/aromatic N) is 2. The highest BCUT2D eigenvalue weighted by Crippen LogP contribution is 2.52. The number of anilines is 1. The van der Waals surface area contributed by atoms with E-state index in [0.29, 0.717) is 51.6 Å². The van der Waals surface area contributed by atoms with Gasteiger partial charge >= 0.3 is 5.97 Å². The topological polar surface area (TPSA) is 141 Å². The Bertz CT molecular complexity index is 3520. The predicted octanol–water partition coefficient (Wildman–Crippen LogP) is 13.4. The molecule has 0 spiro atoms. The fourth-order valence-corrected chi connectivity index (χ4v) is 13.4. The van der Waals surface area contributed by atoms with Crippen LogP contribution >= 0.6 is 11.8 Å². The van der Waals surface area contributed by atoms with Gasteiger partial charge in [0.1, 0.15) is 13.2 Å². The third kappa shape index (κ3) is 11.6. The summed E-state index contributed by atoms with van der Waals surface area (Å²) in [7, 11) is -8.24. The van der Waals surface area contributed by atoms with Gasteiger partial charge in [0, 0.05) is 57.3 Å². The van der Waals surface area contributed by atoms with Crippen molar-refractivity contribution in [2.24, 2.45) is 5.92 Å². The number of allylic oxidation sites excluding steroid dienone is 7. The van der Waals surface area contributed by atoms with Crippen molar-refractivity contribution in [1.82, 2.24) is 0 Å². The zero-order valence-corrected chi connectivity index (χ0v) is 45.2. The molecule has 3 aliphatic rings. The lowest BCUT2D eigenvalue weighted by Crippen LogP contribution is -2.28. The van der Waals surface area contributed by atoms with Gasteiger partial charge in [-0.2, -0.15) is 21.4 Å². The van der Waals surface area contributed by atoms with Crippen molar-refractivity contribution in [3.05, 3.63) is 196 Å². The minimum absolute atomic E-state index is 0.150. The third-order valence-electron chi connectivity index (χ3n) is 14.8. The van der Waals surface area contributed by atoms with Gasteiger partial charge in [0.15, 0.2) is 5.71 Å². The lowest BCUT2D eigenvalue weighted by molar-refractivity contribution is -0.438. The van der Waals surface area contributed by atoms with Crippen LogP contribution in [0.5, 0.6) is 0 Å². The van der Waals surface area contributed by atoms with Gasteiger partial charge in [-0.05, 0) is 127 Å². The van der Waals surface area contributed by atoms with Gasteiger partial charge in [0.05, 0.1) is 22.8 Å². The largest absolute Gasteiger partial charge is 0.461 e. The summed E-state index contributed by atoms with van der Waals surface area (Å²) in [5.41, 5.74) is 9.58. The number of thioether (sulfide) groups is 1. The highest BCUT2D eigenvalue weighted by atomic mass is 32.2. The lowest BCUT2D eigenvalue weighted by Gasteiger charge is -2.29. The van der Waals surface area contributed by atoms with Crippen LogP contribution in [-0.4, -0.2) is 66.8 Å². The Labute approximate surface area is 440 Å². The second-order valence-electron chi connectivity index (χ2n) is 20.8. The first kappa shape index (κ1) is 52.8. The van der Waals surface area contributed by atoms with Crippen molar-refractivity contribution in [1.29, 1.82) is 0 Å². The van der Waals surface area contributed by atoms with E-state index in [1.807, 2.05) is 42.5 Å². The van der Waals surface area contributed by atoms with Gasteiger partial charge < -0.3 is 9.64 Å². The van der Waals surface area contributed by atoms with Gasteiger partial charge in [-0.25, -0.2) is 0 Å². The van der Waals surface area contributed by atoms with Crippen LogP contribution in [0.4, 0.5) is 11.4 Å². The molecule has 0 amide bonds. The number of esters is 1. The second-order valence-corrected chi connectivity index (χ2v) is 25.1. The zero-order valence-electron chi connectivity index (χ0n) is 42.8. The maximum atomic E-state index is 14.5. The normalized spacial score (nSPS) is 18.6. The third-order valence-corrected chi connectivity index (χ3v) is 17.6. The van der Waals surface area contributed by atoms with Gasteiger partial charge in [-0.15, -0.1) is 0 Å². The molecule has 2 heterocycles. The van der Waals surface area contributed by atoms with E-state index in [-0.39, 0.29) is 24.1 Å². The summed E-state index contributed by atoms with van der Waals surface area (Å²) in [6.45, 7) is 12.2. The summed E-state index contributed by atoms with van der Waals surface area (Å²) >= 11 is 1.68. The predicted molar refractivity (Wildman–Crippen MR) is 301 cm³/mol. The summed E-state index contributed by atoms with van der Waals surface area (Å²) in [5, 5.41) is 4.54. The summed E-state index contributed by atoms with van der Waals surface area (Å²) in [6, 6.07) is 43.5. The Kier molecular flexibility index (Phi) is 15.4. The molecule has 0 fully saturated rings. The minimum Gasteiger partial charge on any atom is -0.461 e. The van der Waals surface area contributed by atoms with Crippen molar-refractivity contribution in [3.63, 3.8) is 0 Å². The van der Waals surface area contributed by atoms with E-state index in [0.717, 1.165) is 76.4 Å². The van der Waals surface area contributed by atoms with E-state index < -0.39 is 37.0 Å². The van der Waals surface area contributed by atoms with Gasteiger partial charge in [-0.3, -0.25) is 13.9 Å². The van der Waals surface area contributed by atoms with E-state index in [2.05, 4.69) is 153 Å². The highest BCUT2D eigenvalue weighted by Gasteiger charge is 2.46. The Morgan fingerprint density at radius 1 is 0.703 bits per heavy atom. The van der Waals surface area contributed by atoms with E-state index in [4.69, 9.17) is 4.74 Å². The standard InChI is InChI=1S/C61H64N2O8S3/c1-42-23-29-49(30-24-42)72-58-46(27-33-54-60(2,3)56-50-21-11-9-19-44(50)25-31-52(56)62(54)35-13-15-37-73(65,66)67)39-48(59(64)71-41-43-17-7-6-8-18-43)40-47(58)28-34-55-61(4,5)57-51-22-12-10-20-45(51)26-32-53(57)63(55)36-14-16-38-74(68,69)70/h6-12,17-34,48H,13-16,35-41H2,1-5H3,(H-,65,66,67,68,69,70)/p+1. The smallest absolute Gasteiger partial charge is 0.309 e. The molecule has 1 unspecified atom stereocenters. The zero-order chi connectivity index (χ0) is 52.4. The number of hydrogen-bond donors (Lipinski definition) is 2. The molecule has 1 aliphatic carbocycles. The number of rotatable bonds is 18. The van der Waals surface area contributed by atoms with Gasteiger partial charge in [0.2, 0.25) is 5.69 Å². The molecule has 6 aromatic carbocycles. The Balaban J connectivity index is 1.20. The molecular formula is C61H65N2O8S3+. The second kappa shape index (κ2) is 21.6. The van der Waals surface area contributed by atoms with Crippen LogP contribution in [0.25, 0.3) is 21.5 Å². The average Bonchev–Trinajstić information content (AvgIpc) is 3.73. The molecule has 2 N–H and O–H groups in total. The van der Waals surface area contributed by atoms with Crippen LogP contribution in [0, 0.1) is 12.8 Å². The molecule has 6 aromatic rings. The van der Waals surface area contributed by atoms with Crippen molar-refractivity contribution >= 4 is 76.6 Å². The molecule has 2 aliphatic heterocycles. The number of carbonyl (C=O) groups is 1. The highest BCUT2D eigenvalue weighted by molar-refractivity contribution is 8.03. The number of unbranched alkanes of at least 4 members (excludes halogenated alkanes) is 2. The minimum atomic E-state index is -4.12. The molecule has 0 bridgehead atoms. The van der Waals surface area contributed by atoms with Crippen LogP contribution in [-0.2, 0) is 47.2 Å². The molecule has 13 heteroatoms. The number of fused-ring (bicyclic) bond motifs is 6. The Morgan fingerprint density at radius 3 is 2.00 bits per heavy atom. The summed E-state index contributed by atoms with van der Waals surface area (Å²) in [4.78, 5) is 18.9. The molecular weight excluding hydrogens is 985 g/mol. The molecule has 10 nitrogen and oxygen atoms in total. The molecule has 384 valence electrons. The number of carbonyl (C=O) groups excluding carboxylic acids is 1. The Morgan fingerprint density at radius 2 is 1.32 bits per heavy atom. The fraction of sp³-hybridized carbons (Fsp3) is 0.311. The molecule has 1 atom stereocenters. The quantitative estimate of drug-likeness (QED) is 0.0370. The first-order chi connectivity index (χ1) is 35.3. The van der Waals surface area contributed by atoms with Crippen LogP contribution < -0.4 is 4.90 Å². The molecule has 0 radical (unpaired) electrons. The van der Waals surface area contributed by atoms with Gasteiger partial charge in [0.25, 0.3) is 20.2 Å². The molecule has 74 heavy (non-hydrogen) atoms. The van der Waals surface area contributed by atoms with Crippen molar-refractivity contribution < 1.29 is 40.0 Å². The van der Waals surface area contributed by atoms with Crippen molar-refractivity contribution in [2.45, 2.75) is 95.5 Å². The van der Waals surface area contributed by atoms with Crippen LogP contribution in [0.3, 0.4) is 0 Å². The number of benzene rings is 6. The van der Waals surface area contributed by atoms with Crippen LogP contribution in [0.15, 0.2) is 178 Å². The first-order valence-electron chi connectivity index (χ1n) is 25.4. The molecule has 9 rings (SSSR count). The number of hydrogen-bond acceptors (Lipinski definition) is 8. The maximum Gasteiger partial charge on any atom is 0.309 e. The monoisotopic (exact) mass is 1050 g/mol. The fourth-order valence-electron chi connectivity index (χ4n) is 11.2. The van der Waals surface area contributed by atoms with E-state index in [1.54, 1.807) is 11.8 Å². The molecule has 0 aromatic heterocycles. The first-order valence-corrected chi connectivity index (χ1v) is 29.5. The average molecular weight is 1050 g/mol. The van der Waals surface area contributed by atoms with Crippen LogP contribution in [0.2, 0.25) is 0 Å². The van der Waals surface area contributed by atoms with Gasteiger partial charge in [-0.1, -0.05) is 140 Å². The van der Waals surface area contributed by atoms with E-state index in [1.165, 1.54) is 11.1 Å². The summed E-state index contributed by atoms with van der Waals surface area (Å²) in [5.74, 6) is -1.43. The van der Waals surface area contributed by atoms with E-state index >= 15 is 0 Å². The lowest BCUT2D eigenvalue weighted by atomic mass is 9.78. The molecule has 0 saturated heterocycles. The molecule has 0 saturated carbocycles. The van der Waals surface area contributed by atoms with Crippen molar-refractivity contribution in [3.8, 4) is 0 Å². The number of aryl methyl sites for hydroxylation is 1. The Hall–Kier alpha value is -6.09. The summed E-state index contributed by atoms with van der Waals surface area (Å²) < 4.78 is 74.9. The van der Waals surface area contributed by atoms with Crippen molar-refractivity contribution in [2.75, 3.05) is 29.5 Å². The van der Waals surface area contributed by atoms with Crippen LogP contribution in [0.1, 0.15) is 88.5 Å². The number of ether oxygens (including phenoxy) is 1.